The van der Waals surface area contributed by atoms with Crippen molar-refractivity contribution >= 4 is 11.8 Å². The van der Waals surface area contributed by atoms with Gasteiger partial charge in [-0.15, -0.1) is 0 Å². The Bertz CT molecular complexity index is 279. The zero-order valence-corrected chi connectivity index (χ0v) is 9.39. The minimum atomic E-state index is 0.686. The van der Waals surface area contributed by atoms with Crippen LogP contribution in [0.4, 0.5) is 0 Å². The molecule has 1 saturated heterocycles. The van der Waals surface area contributed by atoms with E-state index in [1.807, 2.05) is 31.2 Å². The summed E-state index contributed by atoms with van der Waals surface area (Å²) >= 11 is 1.85. The minimum Gasteiger partial charge on any atom is -0.329 e. The fraction of sp³-hybridized carbons (Fsp3) is 0.700. The first-order valence-electron chi connectivity index (χ1n) is 5.20. The highest BCUT2D eigenvalue weighted by molar-refractivity contribution is 7.99. The van der Waals surface area contributed by atoms with Gasteiger partial charge < -0.3 is 9.88 Å². The molecule has 1 N–H and O–H groups in total. The Kier molecular flexibility index (Phi) is 3.48. The van der Waals surface area contributed by atoms with Crippen LogP contribution in [0.5, 0.6) is 0 Å². The van der Waals surface area contributed by atoms with Gasteiger partial charge in [0.2, 0.25) is 0 Å². The summed E-state index contributed by atoms with van der Waals surface area (Å²) in [6.45, 7) is 1.19. The highest BCUT2D eigenvalue weighted by atomic mass is 32.2. The molecule has 0 bridgehead atoms. The van der Waals surface area contributed by atoms with Crippen LogP contribution in [0.2, 0.25) is 0 Å². The molecule has 1 fully saturated rings. The number of aromatic nitrogens is 2. The average molecular weight is 211 g/mol. The van der Waals surface area contributed by atoms with Gasteiger partial charge in [0.05, 0.1) is 0 Å². The first-order valence-corrected chi connectivity index (χ1v) is 6.18. The van der Waals surface area contributed by atoms with Crippen molar-refractivity contribution in [2.24, 2.45) is 7.05 Å². The van der Waals surface area contributed by atoms with E-state index in [9.17, 15) is 0 Å². The lowest BCUT2D eigenvalue weighted by Gasteiger charge is -2.22. The van der Waals surface area contributed by atoms with Crippen molar-refractivity contribution in [3.05, 3.63) is 12.4 Å². The van der Waals surface area contributed by atoms with Gasteiger partial charge in [0.15, 0.2) is 5.16 Å². The fourth-order valence-electron chi connectivity index (χ4n) is 1.73. The fourth-order valence-corrected chi connectivity index (χ4v) is 2.77. The SMILES string of the molecule is Cn1ccnc1SC[C@@H]1CCCCN1. The van der Waals surface area contributed by atoms with Crippen LogP contribution in [-0.2, 0) is 7.05 Å². The molecular weight excluding hydrogens is 194 g/mol. The van der Waals surface area contributed by atoms with Crippen molar-refractivity contribution in [1.29, 1.82) is 0 Å². The first kappa shape index (κ1) is 10.1. The summed E-state index contributed by atoms with van der Waals surface area (Å²) < 4.78 is 2.08. The van der Waals surface area contributed by atoms with Crippen molar-refractivity contribution in [3.63, 3.8) is 0 Å². The molecule has 0 saturated carbocycles. The van der Waals surface area contributed by atoms with Gasteiger partial charge in [-0.05, 0) is 19.4 Å². The molecule has 1 aliphatic rings. The van der Waals surface area contributed by atoms with Gasteiger partial charge in [-0.25, -0.2) is 4.98 Å². The van der Waals surface area contributed by atoms with Crippen LogP contribution in [0.15, 0.2) is 17.6 Å². The summed E-state index contributed by atoms with van der Waals surface area (Å²) in [6.07, 6.45) is 7.88. The summed E-state index contributed by atoms with van der Waals surface area (Å²) in [4.78, 5) is 4.30. The van der Waals surface area contributed by atoms with E-state index < -0.39 is 0 Å². The third-order valence-corrected chi connectivity index (χ3v) is 3.82. The van der Waals surface area contributed by atoms with Crippen LogP contribution in [0.1, 0.15) is 19.3 Å². The number of aryl methyl sites for hydroxylation is 1. The van der Waals surface area contributed by atoms with Gasteiger partial charge in [0.1, 0.15) is 0 Å². The Balaban J connectivity index is 1.79. The Morgan fingerprint density at radius 1 is 1.64 bits per heavy atom. The van der Waals surface area contributed by atoms with E-state index in [4.69, 9.17) is 0 Å². The van der Waals surface area contributed by atoms with Crippen molar-refractivity contribution in [2.45, 2.75) is 30.5 Å². The molecule has 4 heteroatoms. The molecule has 1 atom stereocenters. The van der Waals surface area contributed by atoms with Crippen LogP contribution in [0.3, 0.4) is 0 Å². The lowest BCUT2D eigenvalue weighted by Crippen LogP contribution is -2.35. The van der Waals surface area contributed by atoms with E-state index in [-0.39, 0.29) is 0 Å². The van der Waals surface area contributed by atoms with Gasteiger partial charge in [-0.2, -0.15) is 0 Å². The van der Waals surface area contributed by atoms with E-state index in [2.05, 4.69) is 14.9 Å². The number of hydrogen-bond acceptors (Lipinski definition) is 3. The molecule has 1 aromatic heterocycles. The van der Waals surface area contributed by atoms with E-state index in [0.29, 0.717) is 6.04 Å². The lowest BCUT2D eigenvalue weighted by atomic mass is 10.1. The van der Waals surface area contributed by atoms with Crippen LogP contribution in [0.25, 0.3) is 0 Å². The molecule has 0 amide bonds. The third-order valence-electron chi connectivity index (χ3n) is 2.60. The second kappa shape index (κ2) is 4.84. The minimum absolute atomic E-state index is 0.686. The van der Waals surface area contributed by atoms with Crippen molar-refractivity contribution < 1.29 is 0 Å². The summed E-state index contributed by atoms with van der Waals surface area (Å²) in [7, 11) is 2.05. The van der Waals surface area contributed by atoms with Gasteiger partial charge in [-0.1, -0.05) is 18.2 Å². The quantitative estimate of drug-likeness (QED) is 0.771. The maximum Gasteiger partial charge on any atom is 0.167 e. The highest BCUT2D eigenvalue weighted by Gasteiger charge is 2.13. The molecule has 0 aliphatic carbocycles. The molecule has 1 aliphatic heterocycles. The van der Waals surface area contributed by atoms with Crippen molar-refractivity contribution in [2.75, 3.05) is 12.3 Å². The number of imidazole rings is 1. The number of thioether (sulfide) groups is 1. The van der Waals surface area contributed by atoms with E-state index in [0.717, 1.165) is 10.9 Å². The average Bonchev–Trinajstić information content (AvgIpc) is 2.63. The normalized spacial score (nSPS) is 22.5. The molecule has 0 spiro atoms. The Morgan fingerprint density at radius 3 is 3.21 bits per heavy atom. The predicted octanol–water partition coefficient (Wildman–Crippen LogP) is 1.65. The van der Waals surface area contributed by atoms with Crippen molar-refractivity contribution in [3.8, 4) is 0 Å². The number of hydrogen-bond donors (Lipinski definition) is 1. The smallest absolute Gasteiger partial charge is 0.167 e. The van der Waals surface area contributed by atoms with Crippen LogP contribution in [0, 0.1) is 0 Å². The Hall–Kier alpha value is -0.480. The zero-order chi connectivity index (χ0) is 9.80. The molecule has 14 heavy (non-hydrogen) atoms. The molecule has 0 radical (unpaired) electrons. The second-order valence-corrected chi connectivity index (χ2v) is 4.77. The largest absolute Gasteiger partial charge is 0.329 e. The van der Waals surface area contributed by atoms with Crippen molar-refractivity contribution in [1.82, 2.24) is 14.9 Å². The van der Waals surface area contributed by atoms with Crippen LogP contribution in [-0.4, -0.2) is 27.9 Å². The second-order valence-electron chi connectivity index (χ2n) is 3.78. The maximum absolute atomic E-state index is 4.30. The molecule has 1 aromatic rings. The predicted molar refractivity (Wildman–Crippen MR) is 59.6 cm³/mol. The molecule has 3 nitrogen and oxygen atoms in total. The van der Waals surface area contributed by atoms with Gasteiger partial charge >= 0.3 is 0 Å². The summed E-state index contributed by atoms with van der Waals surface area (Å²) in [5.41, 5.74) is 0. The standard InChI is InChI=1S/C10H17N3S/c1-13-7-6-12-10(13)14-8-9-4-2-3-5-11-9/h6-7,9,11H,2-5,8H2,1H3/t9-/m0/s1. The zero-order valence-electron chi connectivity index (χ0n) is 8.57. The number of nitrogens with one attached hydrogen (secondary N) is 1. The van der Waals surface area contributed by atoms with Crippen LogP contribution < -0.4 is 5.32 Å². The van der Waals surface area contributed by atoms with E-state index >= 15 is 0 Å². The highest BCUT2D eigenvalue weighted by Crippen LogP contribution is 2.18. The van der Waals surface area contributed by atoms with Gasteiger partial charge in [-0.3, -0.25) is 0 Å². The van der Waals surface area contributed by atoms with Gasteiger partial charge in [0, 0.05) is 31.2 Å². The third kappa shape index (κ3) is 2.51. The van der Waals surface area contributed by atoms with E-state index in [1.165, 1.54) is 25.8 Å². The molecule has 78 valence electrons. The Morgan fingerprint density at radius 2 is 2.57 bits per heavy atom. The monoisotopic (exact) mass is 211 g/mol. The topological polar surface area (TPSA) is 29.9 Å². The van der Waals surface area contributed by atoms with Crippen LogP contribution >= 0.6 is 11.8 Å². The van der Waals surface area contributed by atoms with E-state index in [1.54, 1.807) is 0 Å². The molecule has 2 heterocycles. The Labute approximate surface area is 89.3 Å². The summed E-state index contributed by atoms with van der Waals surface area (Å²) in [5, 5.41) is 4.67. The molecular formula is C10H17N3S. The maximum atomic E-state index is 4.30. The number of nitrogens with zero attached hydrogens (tertiary/aromatic N) is 2. The summed E-state index contributed by atoms with van der Waals surface area (Å²) in [6, 6.07) is 0.686. The van der Waals surface area contributed by atoms with Gasteiger partial charge in [0.25, 0.3) is 0 Å². The first-order chi connectivity index (χ1) is 6.86. The molecule has 0 aromatic carbocycles. The number of rotatable bonds is 3. The summed E-state index contributed by atoms with van der Waals surface area (Å²) in [5.74, 6) is 1.14. The molecule has 0 unspecified atom stereocenters. The number of piperidine rings is 1. The molecule has 2 rings (SSSR count). The lowest BCUT2D eigenvalue weighted by molar-refractivity contribution is 0.429.